The lowest BCUT2D eigenvalue weighted by Gasteiger charge is -2.32. The summed E-state index contributed by atoms with van der Waals surface area (Å²) < 4.78 is 33.1. The summed E-state index contributed by atoms with van der Waals surface area (Å²) in [7, 11) is -3.60. The summed E-state index contributed by atoms with van der Waals surface area (Å²) in [5.74, 6) is 0.550. The van der Waals surface area contributed by atoms with Gasteiger partial charge in [0.05, 0.1) is 4.90 Å². The molecule has 0 bridgehead atoms. The molecule has 1 aliphatic heterocycles. The number of para-hydroxylation sites is 1. The van der Waals surface area contributed by atoms with E-state index in [9.17, 15) is 13.2 Å². The molecule has 1 amide bonds. The van der Waals surface area contributed by atoms with Crippen molar-refractivity contribution in [2.45, 2.75) is 23.8 Å². The Balaban J connectivity index is 1.48. The maximum absolute atomic E-state index is 12.4. The van der Waals surface area contributed by atoms with Crippen LogP contribution in [0, 0.1) is 0 Å². The summed E-state index contributed by atoms with van der Waals surface area (Å²) in [6.07, 6.45) is 1.12. The molecule has 0 radical (unpaired) electrons. The Kier molecular flexibility index (Phi) is 6.36. The van der Waals surface area contributed by atoms with E-state index in [-0.39, 0.29) is 23.5 Å². The molecular formula is C19H21ClN2O4S. The van der Waals surface area contributed by atoms with Crippen molar-refractivity contribution < 1.29 is 17.9 Å². The number of ether oxygens (including phenoxy) is 1. The molecule has 3 rings (SSSR count). The fraction of sp³-hybridized carbons (Fsp3) is 0.316. The number of benzene rings is 2. The largest absolute Gasteiger partial charge is 0.484 e. The molecule has 0 saturated carbocycles. The van der Waals surface area contributed by atoms with E-state index >= 15 is 0 Å². The Labute approximate surface area is 164 Å². The summed E-state index contributed by atoms with van der Waals surface area (Å²) in [5.41, 5.74) is 0. The summed E-state index contributed by atoms with van der Waals surface area (Å²) in [6.45, 7) is 0.959. The molecular weight excluding hydrogens is 388 g/mol. The van der Waals surface area contributed by atoms with E-state index in [1.165, 1.54) is 12.1 Å². The number of piperidine rings is 1. The molecule has 6 nitrogen and oxygen atoms in total. The van der Waals surface area contributed by atoms with Gasteiger partial charge in [-0.3, -0.25) is 4.79 Å². The number of nitrogens with one attached hydrogen (secondary N) is 1. The number of carbonyl (C=O) groups is 1. The van der Waals surface area contributed by atoms with Gasteiger partial charge in [0.15, 0.2) is 6.61 Å². The third-order valence-corrected chi connectivity index (χ3v) is 6.19. The van der Waals surface area contributed by atoms with E-state index in [4.69, 9.17) is 16.3 Å². The van der Waals surface area contributed by atoms with E-state index < -0.39 is 10.0 Å². The van der Waals surface area contributed by atoms with Gasteiger partial charge in [0.2, 0.25) is 10.0 Å². The maximum atomic E-state index is 12.4. The zero-order chi connectivity index (χ0) is 19.3. The Morgan fingerprint density at radius 3 is 2.33 bits per heavy atom. The Morgan fingerprint density at radius 1 is 1.07 bits per heavy atom. The summed E-state index contributed by atoms with van der Waals surface area (Å²) in [6, 6.07) is 15.0. The van der Waals surface area contributed by atoms with E-state index in [0.717, 1.165) is 0 Å². The molecule has 0 aromatic heterocycles. The molecule has 0 spiro atoms. The van der Waals surface area contributed by atoms with Crippen molar-refractivity contribution in [2.24, 2.45) is 0 Å². The fourth-order valence-corrected chi connectivity index (χ4v) is 4.33. The first-order valence-corrected chi connectivity index (χ1v) is 10.5. The van der Waals surface area contributed by atoms with Crippen LogP contribution in [0.25, 0.3) is 0 Å². The number of hydrogen-bond acceptors (Lipinski definition) is 4. The van der Waals surface area contributed by atoms with Crippen LogP contribution < -0.4 is 9.46 Å². The predicted octanol–water partition coefficient (Wildman–Crippen LogP) is 2.69. The van der Waals surface area contributed by atoms with Crippen LogP contribution in [0.2, 0.25) is 5.02 Å². The van der Waals surface area contributed by atoms with Gasteiger partial charge in [-0.15, -0.1) is 0 Å². The van der Waals surface area contributed by atoms with Crippen LogP contribution in [0.15, 0.2) is 59.5 Å². The molecule has 1 N–H and O–H groups in total. The van der Waals surface area contributed by atoms with E-state index in [2.05, 4.69) is 4.72 Å². The first kappa shape index (κ1) is 19.7. The minimum absolute atomic E-state index is 0.0226. The molecule has 2 aromatic rings. The normalized spacial score (nSPS) is 15.5. The number of halogens is 1. The van der Waals surface area contributed by atoms with Crippen molar-refractivity contribution in [1.29, 1.82) is 0 Å². The van der Waals surface area contributed by atoms with Crippen molar-refractivity contribution in [3.63, 3.8) is 0 Å². The second-order valence-electron chi connectivity index (χ2n) is 6.33. The minimum Gasteiger partial charge on any atom is -0.484 e. The highest BCUT2D eigenvalue weighted by atomic mass is 35.5. The number of sulfonamides is 1. The molecule has 27 heavy (non-hydrogen) atoms. The standard InChI is InChI=1S/C19H21ClN2O4S/c20-15-6-8-18(9-7-15)27(24,25)21-16-10-12-22(13-11-16)19(23)14-26-17-4-2-1-3-5-17/h1-9,16,21H,10-14H2. The highest BCUT2D eigenvalue weighted by molar-refractivity contribution is 7.89. The fourth-order valence-electron chi connectivity index (χ4n) is 2.90. The monoisotopic (exact) mass is 408 g/mol. The smallest absolute Gasteiger partial charge is 0.260 e. The lowest BCUT2D eigenvalue weighted by molar-refractivity contribution is -0.134. The molecule has 0 unspecified atom stereocenters. The first-order valence-electron chi connectivity index (χ1n) is 8.67. The van der Waals surface area contributed by atoms with Gasteiger partial charge in [0, 0.05) is 24.2 Å². The molecule has 1 aliphatic rings. The molecule has 0 atom stereocenters. The lowest BCUT2D eigenvalue weighted by atomic mass is 10.1. The van der Waals surface area contributed by atoms with Crippen molar-refractivity contribution >= 4 is 27.5 Å². The highest BCUT2D eigenvalue weighted by Gasteiger charge is 2.26. The van der Waals surface area contributed by atoms with Gasteiger partial charge in [0.1, 0.15) is 5.75 Å². The molecule has 144 valence electrons. The summed E-state index contributed by atoms with van der Waals surface area (Å²) >= 11 is 5.80. The number of carbonyl (C=O) groups excluding carboxylic acids is 1. The topological polar surface area (TPSA) is 75.7 Å². The third-order valence-electron chi connectivity index (χ3n) is 4.40. The van der Waals surface area contributed by atoms with Crippen molar-refractivity contribution in [3.05, 3.63) is 59.6 Å². The van der Waals surface area contributed by atoms with Crippen LogP contribution in [0.4, 0.5) is 0 Å². The first-order chi connectivity index (χ1) is 12.9. The average molecular weight is 409 g/mol. The van der Waals surface area contributed by atoms with Gasteiger partial charge in [-0.2, -0.15) is 0 Å². The van der Waals surface area contributed by atoms with Crippen molar-refractivity contribution in [1.82, 2.24) is 9.62 Å². The zero-order valence-corrected chi connectivity index (χ0v) is 16.2. The predicted molar refractivity (Wildman–Crippen MR) is 103 cm³/mol. The van der Waals surface area contributed by atoms with Gasteiger partial charge in [-0.1, -0.05) is 29.8 Å². The molecule has 2 aromatic carbocycles. The highest BCUT2D eigenvalue weighted by Crippen LogP contribution is 2.17. The molecule has 1 fully saturated rings. The van der Waals surface area contributed by atoms with Gasteiger partial charge < -0.3 is 9.64 Å². The number of rotatable bonds is 6. The van der Waals surface area contributed by atoms with Crippen LogP contribution >= 0.6 is 11.6 Å². The molecule has 8 heteroatoms. The molecule has 1 saturated heterocycles. The van der Waals surface area contributed by atoms with Gasteiger partial charge >= 0.3 is 0 Å². The quantitative estimate of drug-likeness (QED) is 0.797. The second kappa shape index (κ2) is 8.73. The second-order valence-corrected chi connectivity index (χ2v) is 8.48. The molecule has 0 aliphatic carbocycles. The van der Waals surface area contributed by atoms with Crippen LogP contribution in [0.3, 0.4) is 0 Å². The van der Waals surface area contributed by atoms with E-state index in [1.54, 1.807) is 29.2 Å². The Bertz CT molecular complexity index is 864. The average Bonchev–Trinajstić information content (AvgIpc) is 2.67. The van der Waals surface area contributed by atoms with Crippen LogP contribution in [0.1, 0.15) is 12.8 Å². The Hall–Kier alpha value is -2.09. The van der Waals surface area contributed by atoms with E-state index in [1.807, 2.05) is 18.2 Å². The summed E-state index contributed by atoms with van der Waals surface area (Å²) in [4.78, 5) is 14.2. The van der Waals surface area contributed by atoms with Gasteiger partial charge in [-0.05, 0) is 49.2 Å². The maximum Gasteiger partial charge on any atom is 0.260 e. The van der Waals surface area contributed by atoms with Crippen molar-refractivity contribution in [3.8, 4) is 5.75 Å². The Morgan fingerprint density at radius 2 is 1.70 bits per heavy atom. The number of nitrogens with zero attached hydrogens (tertiary/aromatic N) is 1. The van der Waals surface area contributed by atoms with Crippen molar-refractivity contribution in [2.75, 3.05) is 19.7 Å². The lowest BCUT2D eigenvalue weighted by Crippen LogP contribution is -2.47. The van der Waals surface area contributed by atoms with Crippen LogP contribution in [-0.4, -0.2) is 45.0 Å². The number of hydrogen-bond donors (Lipinski definition) is 1. The number of likely N-dealkylation sites (tertiary alicyclic amines) is 1. The number of amides is 1. The molecule has 1 heterocycles. The van der Waals surface area contributed by atoms with Gasteiger partial charge in [0.25, 0.3) is 5.91 Å². The SMILES string of the molecule is O=C(COc1ccccc1)N1CCC(NS(=O)(=O)c2ccc(Cl)cc2)CC1. The zero-order valence-electron chi connectivity index (χ0n) is 14.7. The minimum atomic E-state index is -3.60. The summed E-state index contributed by atoms with van der Waals surface area (Å²) in [5, 5.41) is 0.485. The van der Waals surface area contributed by atoms with Crippen LogP contribution in [0.5, 0.6) is 5.75 Å². The van der Waals surface area contributed by atoms with Crippen LogP contribution in [-0.2, 0) is 14.8 Å². The third kappa shape index (κ3) is 5.45. The van der Waals surface area contributed by atoms with Gasteiger partial charge in [-0.25, -0.2) is 13.1 Å². The van der Waals surface area contributed by atoms with E-state index in [0.29, 0.717) is 36.7 Å².